The molecule has 0 spiro atoms. The summed E-state index contributed by atoms with van der Waals surface area (Å²) in [4.78, 5) is 10.7. The maximum Gasteiger partial charge on any atom is 0.304 e. The Labute approximate surface area is 89.7 Å². The average molecular weight is 276 g/mol. The van der Waals surface area contributed by atoms with Crippen LogP contribution in [0.3, 0.4) is 0 Å². The molecule has 0 amide bonds. The van der Waals surface area contributed by atoms with E-state index in [-0.39, 0.29) is 11.9 Å². The third kappa shape index (κ3) is 2.27. The molecular weight excluding hydrogens is 267 g/mol. The van der Waals surface area contributed by atoms with Gasteiger partial charge >= 0.3 is 5.97 Å². The normalized spacial score (nSPS) is 30.6. The number of hydrogen-bond acceptors (Lipinski definition) is 2. The van der Waals surface area contributed by atoms with Gasteiger partial charge in [-0.1, -0.05) is 0 Å². The smallest absolute Gasteiger partial charge is 0.304 e. The van der Waals surface area contributed by atoms with E-state index in [1.165, 1.54) is 6.92 Å². The van der Waals surface area contributed by atoms with Gasteiger partial charge in [-0.3, -0.25) is 4.79 Å². The quantitative estimate of drug-likeness (QED) is 0.572. The van der Waals surface area contributed by atoms with Crippen LogP contribution in [0.5, 0.6) is 0 Å². The number of halogens is 3. The Balaban J connectivity index is 2.56. The molecule has 1 rings (SSSR count). The van der Waals surface area contributed by atoms with Crippen LogP contribution in [-0.2, 0) is 9.53 Å². The summed E-state index contributed by atoms with van der Waals surface area (Å²) in [7, 11) is 0. The zero-order chi connectivity index (χ0) is 9.57. The van der Waals surface area contributed by atoms with Crippen LogP contribution in [0, 0.1) is 5.92 Å². The molecule has 0 saturated heterocycles. The third-order valence-corrected chi connectivity index (χ3v) is 3.34. The summed E-state index contributed by atoms with van der Waals surface area (Å²) in [5, 5.41) is 0. The zero-order valence-electron chi connectivity index (χ0n) is 6.73. The number of hydrogen-bond donors (Lipinski definition) is 0. The highest BCUT2D eigenvalue weighted by atomic mass is 79.9. The summed E-state index contributed by atoms with van der Waals surface area (Å²) in [5.74, 6) is -0.373. The molecule has 1 aliphatic rings. The highest BCUT2D eigenvalue weighted by Crippen LogP contribution is 2.60. The Morgan fingerprint density at radius 2 is 2.17 bits per heavy atom. The van der Waals surface area contributed by atoms with Crippen LogP contribution in [-0.4, -0.2) is 14.8 Å². The van der Waals surface area contributed by atoms with E-state index in [9.17, 15) is 4.79 Å². The lowest BCUT2D eigenvalue weighted by Crippen LogP contribution is -2.28. The lowest BCUT2D eigenvalue weighted by Gasteiger charge is -2.22. The van der Waals surface area contributed by atoms with Gasteiger partial charge in [0.25, 0.3) is 0 Å². The number of esters is 1. The van der Waals surface area contributed by atoms with Gasteiger partial charge in [0.1, 0.15) is 4.33 Å². The topological polar surface area (TPSA) is 26.3 Å². The molecule has 0 radical (unpaired) electrons. The highest BCUT2D eigenvalue weighted by Gasteiger charge is 2.61. The minimum Gasteiger partial charge on any atom is -0.447 e. The van der Waals surface area contributed by atoms with Gasteiger partial charge in [0, 0.05) is 12.8 Å². The molecule has 1 aliphatic carbocycles. The Hall–Kier alpha value is 0.530. The number of ether oxygens (including phenoxy) is 1. The molecule has 0 aromatic rings. The van der Waals surface area contributed by atoms with E-state index in [0.29, 0.717) is 6.42 Å². The van der Waals surface area contributed by atoms with Crippen molar-refractivity contribution in [1.29, 1.82) is 0 Å². The van der Waals surface area contributed by atoms with E-state index in [1.54, 1.807) is 6.92 Å². The van der Waals surface area contributed by atoms with Crippen molar-refractivity contribution in [2.75, 3.05) is 0 Å². The predicted octanol–water partition coefficient (Wildman–Crippen LogP) is 2.85. The standard InChI is InChI=1S/C7H9BrCl2O2/c1-4(11)12-6(2,8)5-3-7(5,9)10/h5H,3H2,1-2H3. The number of alkyl halides is 3. The lowest BCUT2D eigenvalue weighted by molar-refractivity contribution is -0.148. The van der Waals surface area contributed by atoms with Gasteiger partial charge in [-0.25, -0.2) is 0 Å². The molecule has 1 saturated carbocycles. The second-order valence-corrected chi connectivity index (χ2v) is 6.21. The number of carbonyl (C=O) groups is 1. The summed E-state index contributed by atoms with van der Waals surface area (Å²) >= 11 is 14.9. The van der Waals surface area contributed by atoms with Crippen LogP contribution in [0.1, 0.15) is 20.3 Å². The minimum absolute atomic E-state index is 0.0303. The van der Waals surface area contributed by atoms with E-state index in [0.717, 1.165) is 0 Å². The lowest BCUT2D eigenvalue weighted by atomic mass is 10.2. The summed E-state index contributed by atoms with van der Waals surface area (Å²) in [6.45, 7) is 3.09. The first kappa shape index (κ1) is 10.6. The van der Waals surface area contributed by atoms with E-state index in [4.69, 9.17) is 27.9 Å². The number of rotatable bonds is 2. The van der Waals surface area contributed by atoms with Crippen LogP contribution in [0.2, 0.25) is 0 Å². The molecule has 0 aliphatic heterocycles. The Bertz CT molecular complexity index is 215. The van der Waals surface area contributed by atoms with Crippen LogP contribution >= 0.6 is 39.1 Å². The summed E-state index contributed by atoms with van der Waals surface area (Å²) in [6, 6.07) is 0. The van der Waals surface area contributed by atoms with Gasteiger partial charge in [0.2, 0.25) is 0 Å². The van der Waals surface area contributed by atoms with Crippen LogP contribution in [0.4, 0.5) is 0 Å². The van der Waals surface area contributed by atoms with Crippen molar-refractivity contribution in [2.45, 2.75) is 29.1 Å². The average Bonchev–Trinajstić information content (AvgIpc) is 2.36. The van der Waals surface area contributed by atoms with E-state index < -0.39 is 8.84 Å². The highest BCUT2D eigenvalue weighted by molar-refractivity contribution is 9.10. The maximum atomic E-state index is 10.7. The molecule has 2 unspecified atom stereocenters. The fourth-order valence-electron chi connectivity index (χ4n) is 1.12. The zero-order valence-corrected chi connectivity index (χ0v) is 9.83. The SMILES string of the molecule is CC(=O)OC(C)(Br)C1CC1(Cl)Cl. The second kappa shape index (κ2) is 3.03. The van der Waals surface area contributed by atoms with Crippen molar-refractivity contribution >= 4 is 45.1 Å². The van der Waals surface area contributed by atoms with Crippen molar-refractivity contribution in [1.82, 2.24) is 0 Å². The molecule has 12 heavy (non-hydrogen) atoms. The summed E-state index contributed by atoms with van der Waals surface area (Å²) in [5.41, 5.74) is 0. The van der Waals surface area contributed by atoms with Gasteiger partial charge < -0.3 is 4.74 Å². The maximum absolute atomic E-state index is 10.7. The Morgan fingerprint density at radius 3 is 2.42 bits per heavy atom. The largest absolute Gasteiger partial charge is 0.447 e. The van der Waals surface area contributed by atoms with Gasteiger partial charge in [-0.2, -0.15) is 0 Å². The van der Waals surface area contributed by atoms with Crippen LogP contribution in [0.25, 0.3) is 0 Å². The monoisotopic (exact) mass is 274 g/mol. The van der Waals surface area contributed by atoms with Crippen molar-refractivity contribution in [2.24, 2.45) is 5.92 Å². The summed E-state index contributed by atoms with van der Waals surface area (Å²) < 4.78 is 3.53. The van der Waals surface area contributed by atoms with E-state index in [1.807, 2.05) is 0 Å². The Kier molecular flexibility index (Phi) is 2.68. The molecule has 0 heterocycles. The molecule has 70 valence electrons. The molecule has 2 atom stereocenters. The molecule has 0 bridgehead atoms. The fraction of sp³-hybridized carbons (Fsp3) is 0.857. The van der Waals surface area contributed by atoms with Crippen molar-refractivity contribution < 1.29 is 9.53 Å². The van der Waals surface area contributed by atoms with Crippen molar-refractivity contribution in [3.05, 3.63) is 0 Å². The van der Waals surface area contributed by atoms with E-state index >= 15 is 0 Å². The molecule has 5 heteroatoms. The molecular formula is C7H9BrCl2O2. The minimum atomic E-state index is -0.742. The van der Waals surface area contributed by atoms with Crippen LogP contribution in [0.15, 0.2) is 0 Å². The summed E-state index contributed by atoms with van der Waals surface area (Å²) in [6.07, 6.45) is 0.644. The predicted molar refractivity (Wildman–Crippen MR) is 51.6 cm³/mol. The second-order valence-electron chi connectivity index (χ2n) is 3.10. The molecule has 1 fully saturated rings. The Morgan fingerprint density at radius 1 is 1.75 bits per heavy atom. The first-order chi connectivity index (χ1) is 5.26. The molecule has 2 nitrogen and oxygen atoms in total. The number of carbonyl (C=O) groups excluding carboxylic acids is 1. The van der Waals surface area contributed by atoms with Gasteiger partial charge in [0.05, 0.1) is 0 Å². The van der Waals surface area contributed by atoms with E-state index in [2.05, 4.69) is 15.9 Å². The van der Waals surface area contributed by atoms with Gasteiger partial charge in [0.15, 0.2) is 4.51 Å². The molecule has 0 N–H and O–H groups in total. The molecule has 0 aromatic heterocycles. The van der Waals surface area contributed by atoms with Gasteiger partial charge in [-0.05, 0) is 29.3 Å². The van der Waals surface area contributed by atoms with Gasteiger partial charge in [-0.15, -0.1) is 23.2 Å². The molecule has 0 aromatic carbocycles. The first-order valence-corrected chi connectivity index (χ1v) is 5.07. The van der Waals surface area contributed by atoms with Crippen molar-refractivity contribution in [3.63, 3.8) is 0 Å². The first-order valence-electron chi connectivity index (χ1n) is 3.52. The third-order valence-electron chi connectivity index (χ3n) is 1.79. The van der Waals surface area contributed by atoms with Crippen molar-refractivity contribution in [3.8, 4) is 0 Å². The fourth-order valence-corrected chi connectivity index (χ4v) is 2.89. The van der Waals surface area contributed by atoms with Crippen LogP contribution < -0.4 is 0 Å².